The van der Waals surface area contributed by atoms with Gasteiger partial charge in [0.2, 0.25) is 5.91 Å². The summed E-state index contributed by atoms with van der Waals surface area (Å²) in [5.74, 6) is -0.0165. The largest absolute Gasteiger partial charge is 0.363 e. The molecular formula is C15H20N4O3. The van der Waals surface area contributed by atoms with Gasteiger partial charge in [-0.3, -0.25) is 9.59 Å². The van der Waals surface area contributed by atoms with Crippen LogP contribution in [0.1, 0.15) is 30.1 Å². The summed E-state index contributed by atoms with van der Waals surface area (Å²) in [7, 11) is 1.82. The van der Waals surface area contributed by atoms with Gasteiger partial charge in [0.25, 0.3) is 5.91 Å². The minimum atomic E-state index is -0.337. The van der Waals surface area contributed by atoms with Crippen LogP contribution in [0.2, 0.25) is 0 Å². The summed E-state index contributed by atoms with van der Waals surface area (Å²) in [5, 5.41) is 7.44. The number of morpholine rings is 1. The molecule has 7 heteroatoms. The fourth-order valence-electron chi connectivity index (χ4n) is 3.25. The Hall–Kier alpha value is -2.02. The van der Waals surface area contributed by atoms with Gasteiger partial charge in [0.15, 0.2) is 0 Å². The van der Waals surface area contributed by atoms with Gasteiger partial charge in [-0.1, -0.05) is 0 Å². The number of hydrogen-bond donors (Lipinski definition) is 0. The number of piperidine rings is 1. The Balaban J connectivity index is 1.68. The van der Waals surface area contributed by atoms with Crippen LogP contribution in [0.4, 0.5) is 0 Å². The number of amides is 2. The van der Waals surface area contributed by atoms with E-state index in [9.17, 15) is 9.59 Å². The van der Waals surface area contributed by atoms with Crippen LogP contribution in [0.15, 0.2) is 18.5 Å². The molecule has 0 aromatic carbocycles. The molecule has 3 rings (SSSR count). The second kappa shape index (κ2) is 5.64. The monoisotopic (exact) mass is 304 g/mol. The zero-order chi connectivity index (χ0) is 15.7. The lowest BCUT2D eigenvalue weighted by molar-refractivity contribution is -0.181. The third-order valence-electron chi connectivity index (χ3n) is 4.95. The maximum absolute atomic E-state index is 12.4. The fourth-order valence-corrected chi connectivity index (χ4v) is 3.25. The molecule has 22 heavy (non-hydrogen) atoms. The highest BCUT2D eigenvalue weighted by molar-refractivity contribution is 5.93. The first-order chi connectivity index (χ1) is 10.5. The lowest BCUT2D eigenvalue weighted by Crippen LogP contribution is -2.63. The van der Waals surface area contributed by atoms with Crippen LogP contribution in [-0.4, -0.2) is 70.2 Å². The Morgan fingerprint density at radius 3 is 2.73 bits per heavy atom. The summed E-state index contributed by atoms with van der Waals surface area (Å²) in [6, 6.07) is 1.69. The number of rotatable bonds is 1. The zero-order valence-electron chi connectivity index (χ0n) is 12.9. The summed E-state index contributed by atoms with van der Waals surface area (Å²) < 4.78 is 5.88. The van der Waals surface area contributed by atoms with Crippen molar-refractivity contribution in [1.82, 2.24) is 20.0 Å². The van der Waals surface area contributed by atoms with Gasteiger partial charge in [0, 0.05) is 20.1 Å². The first kappa shape index (κ1) is 14.9. The van der Waals surface area contributed by atoms with Crippen LogP contribution >= 0.6 is 0 Å². The predicted molar refractivity (Wildman–Crippen MR) is 78.1 cm³/mol. The van der Waals surface area contributed by atoms with Crippen molar-refractivity contribution in [3.63, 3.8) is 0 Å². The van der Waals surface area contributed by atoms with E-state index in [2.05, 4.69) is 10.2 Å². The molecule has 118 valence electrons. The van der Waals surface area contributed by atoms with Gasteiger partial charge in [0.05, 0.1) is 29.6 Å². The third-order valence-corrected chi connectivity index (χ3v) is 4.95. The van der Waals surface area contributed by atoms with Crippen molar-refractivity contribution in [1.29, 1.82) is 0 Å². The first-order valence-electron chi connectivity index (χ1n) is 7.49. The summed E-state index contributed by atoms with van der Waals surface area (Å²) in [5.41, 5.74) is 0.214. The van der Waals surface area contributed by atoms with Crippen molar-refractivity contribution in [2.24, 2.45) is 0 Å². The third kappa shape index (κ3) is 2.45. The predicted octanol–water partition coefficient (Wildman–Crippen LogP) is 0.328. The second-order valence-electron chi connectivity index (χ2n) is 5.96. The minimum Gasteiger partial charge on any atom is -0.363 e. The van der Waals surface area contributed by atoms with E-state index in [1.807, 2.05) is 18.9 Å². The van der Waals surface area contributed by atoms with Crippen LogP contribution in [0.3, 0.4) is 0 Å². The van der Waals surface area contributed by atoms with Crippen molar-refractivity contribution >= 4 is 11.8 Å². The zero-order valence-corrected chi connectivity index (χ0v) is 12.9. The molecule has 0 N–H and O–H groups in total. The highest BCUT2D eigenvalue weighted by Gasteiger charge is 2.47. The van der Waals surface area contributed by atoms with Crippen LogP contribution in [0.25, 0.3) is 0 Å². The Bertz CT molecular complexity index is 569. The van der Waals surface area contributed by atoms with Gasteiger partial charge in [-0.15, -0.1) is 0 Å². The molecule has 1 spiro atoms. The molecule has 7 nitrogen and oxygen atoms in total. The molecule has 0 radical (unpaired) electrons. The number of carbonyl (C=O) groups excluding carboxylic acids is 2. The van der Waals surface area contributed by atoms with Crippen molar-refractivity contribution < 1.29 is 14.3 Å². The van der Waals surface area contributed by atoms with E-state index in [-0.39, 0.29) is 30.1 Å². The molecule has 1 aromatic rings. The Morgan fingerprint density at radius 1 is 1.36 bits per heavy atom. The van der Waals surface area contributed by atoms with Gasteiger partial charge in [0.1, 0.15) is 6.61 Å². The van der Waals surface area contributed by atoms with Gasteiger partial charge < -0.3 is 14.5 Å². The maximum atomic E-state index is 12.4. The standard InChI is InChI=1S/C15H20N4O3/c1-11-15(22-10-13(20)18(11)2)4-7-19(8-5-15)14(21)12-3-6-16-17-9-12/h3,6,9,11H,4-5,7-8,10H2,1-2H3/t11-/m0/s1. The molecule has 1 atom stereocenters. The molecule has 2 amide bonds. The quantitative estimate of drug-likeness (QED) is 0.747. The topological polar surface area (TPSA) is 75.6 Å². The molecule has 0 bridgehead atoms. The number of carbonyl (C=O) groups is 2. The molecule has 2 fully saturated rings. The van der Waals surface area contributed by atoms with Crippen molar-refractivity contribution in [2.75, 3.05) is 26.7 Å². The number of hydrogen-bond acceptors (Lipinski definition) is 5. The van der Waals surface area contributed by atoms with Crippen molar-refractivity contribution in [3.05, 3.63) is 24.0 Å². The van der Waals surface area contributed by atoms with Crippen LogP contribution < -0.4 is 0 Å². The van der Waals surface area contributed by atoms with Crippen molar-refractivity contribution in [2.45, 2.75) is 31.4 Å². The smallest absolute Gasteiger partial charge is 0.255 e. The fraction of sp³-hybridized carbons (Fsp3) is 0.600. The van der Waals surface area contributed by atoms with E-state index in [1.54, 1.807) is 11.0 Å². The SMILES string of the molecule is C[C@@H]1N(C)C(=O)COC12CCN(C(=O)c1ccnnc1)CC2. The average Bonchev–Trinajstić information content (AvgIpc) is 2.57. The molecule has 0 unspecified atom stereocenters. The van der Waals surface area contributed by atoms with E-state index in [1.165, 1.54) is 12.4 Å². The second-order valence-corrected chi connectivity index (χ2v) is 5.96. The molecule has 0 saturated carbocycles. The maximum Gasteiger partial charge on any atom is 0.255 e. The highest BCUT2D eigenvalue weighted by Crippen LogP contribution is 2.35. The van der Waals surface area contributed by atoms with Crippen molar-refractivity contribution in [3.8, 4) is 0 Å². The minimum absolute atomic E-state index is 0.0134. The first-order valence-corrected chi connectivity index (χ1v) is 7.49. The molecule has 3 heterocycles. The van der Waals surface area contributed by atoms with Crippen LogP contribution in [0.5, 0.6) is 0 Å². The van der Waals surface area contributed by atoms with Gasteiger partial charge in [-0.05, 0) is 25.8 Å². The number of likely N-dealkylation sites (tertiary alicyclic amines) is 1. The van der Waals surface area contributed by atoms with E-state index >= 15 is 0 Å². The molecule has 2 aliphatic rings. The molecule has 1 aromatic heterocycles. The summed E-state index contributed by atoms with van der Waals surface area (Å²) >= 11 is 0. The van der Waals surface area contributed by atoms with Gasteiger partial charge in [-0.2, -0.15) is 10.2 Å². The number of ether oxygens (including phenoxy) is 1. The Morgan fingerprint density at radius 2 is 2.09 bits per heavy atom. The number of likely N-dealkylation sites (N-methyl/N-ethyl adjacent to an activating group) is 1. The normalized spacial score (nSPS) is 24.6. The molecular weight excluding hydrogens is 284 g/mol. The van der Waals surface area contributed by atoms with E-state index in [4.69, 9.17) is 4.74 Å². The van der Waals surface area contributed by atoms with Crippen LogP contribution in [-0.2, 0) is 9.53 Å². The average molecular weight is 304 g/mol. The van der Waals surface area contributed by atoms with Gasteiger partial charge in [-0.25, -0.2) is 0 Å². The van der Waals surface area contributed by atoms with E-state index < -0.39 is 0 Å². The number of nitrogens with zero attached hydrogens (tertiary/aromatic N) is 4. The van der Waals surface area contributed by atoms with Crippen LogP contribution in [0, 0.1) is 0 Å². The summed E-state index contributed by atoms with van der Waals surface area (Å²) in [6.45, 7) is 3.38. The Labute approximate surface area is 129 Å². The summed E-state index contributed by atoms with van der Waals surface area (Å²) in [6.07, 6.45) is 4.47. The Kier molecular flexibility index (Phi) is 3.82. The lowest BCUT2D eigenvalue weighted by atomic mass is 9.82. The lowest BCUT2D eigenvalue weighted by Gasteiger charge is -2.50. The number of aromatic nitrogens is 2. The van der Waals surface area contributed by atoms with E-state index in [0.717, 1.165) is 12.8 Å². The molecule has 2 aliphatic heterocycles. The molecule has 0 aliphatic carbocycles. The molecule has 2 saturated heterocycles. The summed E-state index contributed by atoms with van der Waals surface area (Å²) in [4.78, 5) is 27.7. The van der Waals surface area contributed by atoms with E-state index in [0.29, 0.717) is 18.7 Å². The van der Waals surface area contributed by atoms with Gasteiger partial charge >= 0.3 is 0 Å². The highest BCUT2D eigenvalue weighted by atomic mass is 16.5.